The Bertz CT molecular complexity index is 3190. The van der Waals surface area contributed by atoms with Gasteiger partial charge in [0, 0.05) is 74.4 Å². The Morgan fingerprint density at radius 2 is 1.04 bits per heavy atom. The number of aliphatic hydroxyl groups excluding tert-OH is 1. The molecule has 582 valence electrons. The fraction of sp³-hybridized carbons (Fsp3) is 0.740. The van der Waals surface area contributed by atoms with Crippen LogP contribution < -0.4 is 32.3 Å². The smallest absolute Gasteiger partial charge is 0.251 e. The van der Waals surface area contributed by atoms with E-state index in [0.29, 0.717) is 48.8 Å². The van der Waals surface area contributed by atoms with Gasteiger partial charge in [-0.1, -0.05) is 96.9 Å². The number of carbonyl (C=O) groups is 12. The molecule has 30 heteroatoms. The van der Waals surface area contributed by atoms with Crippen LogP contribution in [0.1, 0.15) is 159 Å². The van der Waals surface area contributed by atoms with E-state index in [1.165, 1.54) is 87.7 Å². The van der Waals surface area contributed by atoms with Gasteiger partial charge in [-0.3, -0.25) is 57.5 Å². The third-order valence-electron chi connectivity index (χ3n) is 18.8. The molecule has 12 amide bonds. The minimum atomic E-state index is -1.78. The van der Waals surface area contributed by atoms with Crippen molar-refractivity contribution in [3.05, 3.63) is 29.6 Å². The fourth-order valence-corrected chi connectivity index (χ4v) is 12.7. The lowest BCUT2D eigenvalue weighted by atomic mass is 9.91. The van der Waals surface area contributed by atoms with Gasteiger partial charge in [-0.15, -0.1) is 0 Å². The number of likely N-dealkylation sites (N-methyl/N-ethyl adjacent to an activating group) is 7. The molecule has 0 aliphatic carbocycles. The average Bonchev–Trinajstić information content (AvgIpc) is 1.38. The van der Waals surface area contributed by atoms with E-state index in [-0.39, 0.29) is 81.3 Å². The van der Waals surface area contributed by atoms with Crippen molar-refractivity contribution in [1.29, 1.82) is 0 Å². The first-order valence-electron chi connectivity index (χ1n) is 36.4. The molecule has 0 radical (unpaired) electrons. The number of aromatic nitrogens is 2. The van der Waals surface area contributed by atoms with Crippen molar-refractivity contribution < 1.29 is 72.1 Å². The number of nitrogens with zero attached hydrogens (tertiary/aromatic N) is 8. The number of hydrogen-bond acceptors (Lipinski definition) is 17. The molecule has 2 aromatic rings. The maximum Gasteiger partial charge on any atom is 0.251 e. The number of nitrogens with two attached hydrogens (primary N) is 1. The molecule has 1 aliphatic heterocycles. The number of imidazole rings is 1. The average molecular weight is 1450 g/mol. The zero-order chi connectivity index (χ0) is 78.3. The van der Waals surface area contributed by atoms with Crippen LogP contribution in [0.5, 0.6) is 0 Å². The number of benzene rings is 1. The van der Waals surface area contributed by atoms with Gasteiger partial charge in [-0.2, -0.15) is 0 Å². The summed E-state index contributed by atoms with van der Waals surface area (Å²) in [4.78, 5) is 192. The summed E-state index contributed by atoms with van der Waals surface area (Å²) in [5, 5.41) is 26.5. The zero-order valence-corrected chi connectivity index (χ0v) is 65.6. The largest absolute Gasteiger partial charge is 0.390 e. The molecule has 1 aromatic carbocycles. The normalized spacial score (nSPS) is 24.2. The van der Waals surface area contributed by atoms with Crippen molar-refractivity contribution >= 4 is 81.9 Å². The summed E-state index contributed by atoms with van der Waals surface area (Å²) < 4.78 is 10.8. The van der Waals surface area contributed by atoms with Crippen molar-refractivity contribution in [3.8, 4) is 0 Å². The first-order valence-corrected chi connectivity index (χ1v) is 36.4. The number of aromatic amines is 1. The van der Waals surface area contributed by atoms with Crippen LogP contribution in [0, 0.1) is 41.4 Å². The molecule has 9 N–H and O–H groups in total. The molecule has 12 atom stereocenters. The number of nitrogens with one attached hydrogen (secondary N) is 6. The number of ether oxygens (including phenoxy) is 2. The van der Waals surface area contributed by atoms with E-state index in [1.54, 1.807) is 59.7 Å². The molecule has 0 saturated carbocycles. The number of rotatable bonds is 24. The van der Waals surface area contributed by atoms with E-state index >= 15 is 19.2 Å². The molecular weight excluding hydrogens is 1330 g/mol. The van der Waals surface area contributed by atoms with Crippen LogP contribution in [-0.2, 0) is 68.6 Å². The van der Waals surface area contributed by atoms with Gasteiger partial charge in [-0.05, 0) is 106 Å². The molecule has 1 aromatic heterocycles. The quantitative estimate of drug-likeness (QED) is 0.0698. The van der Waals surface area contributed by atoms with Crippen molar-refractivity contribution in [3.63, 3.8) is 0 Å². The van der Waals surface area contributed by atoms with Crippen molar-refractivity contribution in [1.82, 2.24) is 70.9 Å². The SMILES string of the molecule is CCC1NC(=O)C(C(O)C(C)Cc2nc3ccc(C(=O)NCCOCCOCCN)cc3[nH]2)N(C)C(=O)C(C(C)C)N(C)C(=O)C(CC(C)C)N(C)C(=O)C(CC(C)C)N(C)C(=O)C(C)NC(=O)C(C)NC(=O)C(CC(C)C)N(C)C(=O)C(C(C)C)NC(=O)C(CC(C)C)N(C)C(=O)CN(C)C1=O. The van der Waals surface area contributed by atoms with Gasteiger partial charge in [0.25, 0.3) is 5.91 Å². The summed E-state index contributed by atoms with van der Waals surface area (Å²) in [5.41, 5.74) is 6.76. The molecule has 1 aliphatic rings. The molecule has 1 saturated heterocycles. The molecule has 30 nitrogen and oxygen atoms in total. The monoisotopic (exact) mass is 1450 g/mol. The van der Waals surface area contributed by atoms with Gasteiger partial charge < -0.3 is 86.2 Å². The number of amides is 12. The van der Waals surface area contributed by atoms with E-state index in [2.05, 4.69) is 31.6 Å². The van der Waals surface area contributed by atoms with E-state index < -0.39 is 156 Å². The Kier molecular flexibility index (Phi) is 36.1. The van der Waals surface area contributed by atoms with E-state index in [0.717, 1.165) is 9.80 Å². The van der Waals surface area contributed by atoms with Gasteiger partial charge in [0.2, 0.25) is 65.0 Å². The maximum absolute atomic E-state index is 15.6. The molecule has 103 heavy (non-hydrogen) atoms. The Hall–Kier alpha value is -7.83. The van der Waals surface area contributed by atoms with Crippen LogP contribution in [0.3, 0.4) is 0 Å². The van der Waals surface area contributed by atoms with Crippen LogP contribution in [0.2, 0.25) is 0 Å². The van der Waals surface area contributed by atoms with Crippen molar-refractivity contribution in [2.24, 2.45) is 47.2 Å². The molecule has 3 rings (SSSR count). The van der Waals surface area contributed by atoms with Crippen LogP contribution >= 0.6 is 0 Å². The van der Waals surface area contributed by atoms with Crippen molar-refractivity contribution in [2.45, 2.75) is 216 Å². The highest BCUT2D eigenvalue weighted by Gasteiger charge is 2.46. The summed E-state index contributed by atoms with van der Waals surface area (Å²) in [6, 6.07) is -8.09. The Morgan fingerprint density at radius 1 is 0.553 bits per heavy atom. The van der Waals surface area contributed by atoms with Crippen LogP contribution in [0.4, 0.5) is 0 Å². The van der Waals surface area contributed by atoms with Crippen LogP contribution in [-0.4, -0.2) is 282 Å². The fourth-order valence-electron chi connectivity index (χ4n) is 12.7. The number of hydrogen-bond donors (Lipinski definition) is 8. The number of carbonyl (C=O) groups excluding carboxylic acids is 12. The van der Waals surface area contributed by atoms with Crippen molar-refractivity contribution in [2.75, 3.05) is 95.4 Å². The van der Waals surface area contributed by atoms with Gasteiger partial charge in [0.1, 0.15) is 66.2 Å². The van der Waals surface area contributed by atoms with Crippen LogP contribution in [0.15, 0.2) is 18.2 Å². The second-order valence-electron chi connectivity index (χ2n) is 30.2. The lowest BCUT2D eigenvalue weighted by Gasteiger charge is -2.41. The highest BCUT2D eigenvalue weighted by atomic mass is 16.5. The zero-order valence-electron chi connectivity index (χ0n) is 65.6. The van der Waals surface area contributed by atoms with E-state index in [1.807, 2.05) is 55.4 Å². The molecule has 2 heterocycles. The minimum absolute atomic E-state index is 0.0167. The van der Waals surface area contributed by atoms with Gasteiger partial charge in [-0.25, -0.2) is 4.98 Å². The second kappa shape index (κ2) is 41.6. The second-order valence-corrected chi connectivity index (χ2v) is 30.2. The lowest BCUT2D eigenvalue weighted by molar-refractivity contribution is -0.157. The topological polar surface area (TPSA) is 381 Å². The third-order valence-corrected chi connectivity index (χ3v) is 18.8. The molecule has 1 fully saturated rings. The maximum atomic E-state index is 15.6. The molecule has 12 unspecified atom stereocenters. The summed E-state index contributed by atoms with van der Waals surface area (Å²) in [5.74, 6) is -10.7. The number of H-pyrrole nitrogens is 1. The highest BCUT2D eigenvalue weighted by Crippen LogP contribution is 2.27. The summed E-state index contributed by atoms with van der Waals surface area (Å²) in [7, 11) is 9.77. The Labute approximate surface area is 610 Å². The predicted molar refractivity (Wildman–Crippen MR) is 392 cm³/mol. The summed E-state index contributed by atoms with van der Waals surface area (Å²) >= 11 is 0. The van der Waals surface area contributed by atoms with E-state index in [4.69, 9.17) is 20.2 Å². The third kappa shape index (κ3) is 25.5. The first-order chi connectivity index (χ1) is 48.0. The van der Waals surface area contributed by atoms with E-state index in [9.17, 15) is 43.5 Å². The molecular formula is C73H125N15O15. The number of fused-ring (bicyclic) bond motifs is 1. The molecule has 0 spiro atoms. The summed E-state index contributed by atoms with van der Waals surface area (Å²) in [6.45, 7) is 29.2. The predicted octanol–water partition coefficient (Wildman–Crippen LogP) is 2.14. The van der Waals surface area contributed by atoms with Gasteiger partial charge >= 0.3 is 0 Å². The van der Waals surface area contributed by atoms with Gasteiger partial charge in [0.05, 0.1) is 50.1 Å². The lowest BCUT2D eigenvalue weighted by Crippen LogP contribution is -2.63. The Balaban J connectivity index is 2.29. The summed E-state index contributed by atoms with van der Waals surface area (Å²) in [6.07, 6.45) is -1.30. The number of aliphatic hydroxyl groups is 1. The first kappa shape index (κ1) is 89.4. The standard InChI is InChI=1S/C73H125N15O15/c1-24-50-69(97)82(17)39-58(89)83(18)53(33-40(2)3)66(94)81-59(44(10)11)72(100)84(19)54(34-41(4)5)65(93)76-47(15)63(91)77-48(16)68(96)85(20)55(35-42(6)7)70(98)86(21)56(36-43(8)9)71(99)87(22)60(45(12)13)73(101)88(23)61(67(95)80-50)62(90)46(14)37-57-78-51-26-25-49(38-52(51)79-57)64(92)75-28-30-103-32-31-102-29-27-74/h25-26,38,40-48,50,53-56,59-62,90H,24,27-37,39,74H2,1-23H3,(H,75,92)(H,76,93)(H,77,91)(H,78,79)(H,80,95)(H,81,94). The Morgan fingerprint density at radius 3 is 1.56 bits per heavy atom. The minimum Gasteiger partial charge on any atom is -0.390 e. The molecule has 0 bridgehead atoms. The van der Waals surface area contributed by atoms with Gasteiger partial charge in [0.15, 0.2) is 0 Å². The van der Waals surface area contributed by atoms with Crippen LogP contribution in [0.25, 0.3) is 11.0 Å². The highest BCUT2D eigenvalue weighted by molar-refractivity contribution is 6.00.